The topological polar surface area (TPSA) is 46.9 Å². The van der Waals surface area contributed by atoms with Gasteiger partial charge in [0.1, 0.15) is 11.9 Å². The molecular formula is C20H21N3OS. The lowest BCUT2D eigenvalue weighted by molar-refractivity contribution is -0.120. The number of hydrogen-bond acceptors (Lipinski definition) is 3. The van der Waals surface area contributed by atoms with Crippen molar-refractivity contribution in [1.82, 2.24) is 14.9 Å². The number of benzene rings is 2. The molecule has 3 rings (SSSR count). The summed E-state index contributed by atoms with van der Waals surface area (Å²) in [5.74, 6) is 0.808. The summed E-state index contributed by atoms with van der Waals surface area (Å²) < 4.78 is 1.94. The van der Waals surface area contributed by atoms with E-state index < -0.39 is 0 Å². The van der Waals surface area contributed by atoms with Gasteiger partial charge < -0.3 is 9.88 Å². The van der Waals surface area contributed by atoms with Gasteiger partial charge >= 0.3 is 0 Å². The fourth-order valence-corrected chi connectivity index (χ4v) is 3.51. The minimum atomic E-state index is -0.271. The van der Waals surface area contributed by atoms with Crippen LogP contribution < -0.4 is 5.32 Å². The zero-order valence-electron chi connectivity index (χ0n) is 14.3. The fourth-order valence-electron chi connectivity index (χ4n) is 2.61. The lowest BCUT2D eigenvalue weighted by Gasteiger charge is -2.21. The van der Waals surface area contributed by atoms with Gasteiger partial charge in [-0.15, -0.1) is 11.8 Å². The lowest BCUT2D eigenvalue weighted by atomic mass is 10.1. The van der Waals surface area contributed by atoms with E-state index in [0.717, 1.165) is 16.3 Å². The lowest BCUT2D eigenvalue weighted by Crippen LogP contribution is -2.36. The van der Waals surface area contributed by atoms with Crippen LogP contribution in [0, 0.1) is 0 Å². The minimum absolute atomic E-state index is 0.00861. The van der Waals surface area contributed by atoms with Gasteiger partial charge in [-0.3, -0.25) is 4.79 Å². The molecule has 0 spiro atoms. The Balaban J connectivity index is 1.78. The van der Waals surface area contributed by atoms with Crippen LogP contribution in [-0.4, -0.2) is 20.7 Å². The summed E-state index contributed by atoms with van der Waals surface area (Å²) in [5.41, 5.74) is 1.02. The third-order valence-electron chi connectivity index (χ3n) is 3.96. The van der Waals surface area contributed by atoms with Crippen LogP contribution in [-0.2, 0) is 11.8 Å². The fraction of sp³-hybridized carbons (Fsp3) is 0.200. The van der Waals surface area contributed by atoms with Crippen molar-refractivity contribution in [2.45, 2.75) is 23.1 Å². The summed E-state index contributed by atoms with van der Waals surface area (Å²) in [6, 6.07) is 19.6. The highest BCUT2D eigenvalue weighted by atomic mass is 32.2. The molecule has 25 heavy (non-hydrogen) atoms. The summed E-state index contributed by atoms with van der Waals surface area (Å²) in [6.45, 7) is 1.92. The second-order valence-corrected chi connectivity index (χ2v) is 7.24. The number of amides is 1. The molecule has 0 aliphatic rings. The monoisotopic (exact) mass is 351 g/mol. The van der Waals surface area contributed by atoms with Crippen LogP contribution in [0.15, 0.2) is 78.0 Å². The number of rotatable bonds is 6. The summed E-state index contributed by atoms with van der Waals surface area (Å²) in [7, 11) is 1.94. The highest BCUT2D eigenvalue weighted by Crippen LogP contribution is 2.25. The van der Waals surface area contributed by atoms with Crippen molar-refractivity contribution < 1.29 is 4.79 Å². The van der Waals surface area contributed by atoms with Crippen molar-refractivity contribution >= 4 is 17.7 Å². The number of aryl methyl sites for hydroxylation is 1. The molecule has 0 unspecified atom stereocenters. The number of thioether (sulfide) groups is 1. The predicted octanol–water partition coefficient (Wildman–Crippen LogP) is 3.81. The third-order valence-corrected chi connectivity index (χ3v) is 5.07. The molecular weight excluding hydrogens is 330 g/mol. The molecule has 5 heteroatoms. The standard InChI is InChI=1S/C20H21N3OS/c1-15(25-17-11-7-4-8-12-17)20(24)22-18(16-9-5-3-6-10-16)19-21-13-14-23(19)2/h3-15,18H,1-2H3,(H,22,24)/t15-,18-/m0/s1. The largest absolute Gasteiger partial charge is 0.341 e. The molecule has 0 saturated heterocycles. The number of nitrogens with one attached hydrogen (secondary N) is 1. The molecule has 0 saturated carbocycles. The smallest absolute Gasteiger partial charge is 0.234 e. The number of imidazole rings is 1. The van der Waals surface area contributed by atoms with Gasteiger partial charge in [0.25, 0.3) is 0 Å². The van der Waals surface area contributed by atoms with Crippen LogP contribution in [0.4, 0.5) is 0 Å². The molecule has 0 bridgehead atoms. The Bertz CT molecular complexity index is 817. The van der Waals surface area contributed by atoms with E-state index in [9.17, 15) is 4.79 Å². The SMILES string of the molecule is C[C@H](Sc1ccccc1)C(=O)N[C@@H](c1ccccc1)c1nccn1C. The van der Waals surface area contributed by atoms with E-state index in [0.29, 0.717) is 0 Å². The molecule has 4 nitrogen and oxygen atoms in total. The summed E-state index contributed by atoms with van der Waals surface area (Å²) >= 11 is 1.55. The molecule has 0 radical (unpaired) electrons. The van der Waals surface area contributed by atoms with Crippen LogP contribution >= 0.6 is 11.8 Å². The first-order valence-corrected chi connectivity index (χ1v) is 9.07. The second-order valence-electron chi connectivity index (χ2n) is 5.82. The van der Waals surface area contributed by atoms with Gasteiger partial charge in [-0.2, -0.15) is 0 Å². The molecule has 2 atom stereocenters. The molecule has 3 aromatic rings. The van der Waals surface area contributed by atoms with E-state index in [2.05, 4.69) is 10.3 Å². The highest BCUT2D eigenvalue weighted by Gasteiger charge is 2.23. The van der Waals surface area contributed by atoms with Crippen molar-refractivity contribution in [3.8, 4) is 0 Å². The number of aromatic nitrogens is 2. The average Bonchev–Trinajstić information content (AvgIpc) is 3.06. The molecule has 1 aromatic heterocycles. The normalized spacial score (nSPS) is 13.2. The third kappa shape index (κ3) is 4.31. The zero-order chi connectivity index (χ0) is 17.6. The molecule has 1 amide bonds. The minimum Gasteiger partial charge on any atom is -0.341 e. The average molecular weight is 351 g/mol. The summed E-state index contributed by atoms with van der Waals surface area (Å²) in [4.78, 5) is 18.3. The molecule has 0 aliphatic carbocycles. The Labute approximate surface area is 152 Å². The van der Waals surface area contributed by atoms with Crippen LogP contribution in [0.3, 0.4) is 0 Å². The Morgan fingerprint density at radius 1 is 1.08 bits per heavy atom. The molecule has 128 valence electrons. The van der Waals surface area contributed by atoms with Crippen molar-refractivity contribution in [3.63, 3.8) is 0 Å². The van der Waals surface area contributed by atoms with Gasteiger partial charge in [0.05, 0.1) is 5.25 Å². The van der Waals surface area contributed by atoms with Gasteiger partial charge in [0.2, 0.25) is 5.91 Å². The number of carbonyl (C=O) groups is 1. The van der Waals surface area contributed by atoms with Gasteiger partial charge in [-0.05, 0) is 24.6 Å². The first kappa shape index (κ1) is 17.3. The van der Waals surface area contributed by atoms with E-state index >= 15 is 0 Å². The maximum atomic E-state index is 12.8. The maximum absolute atomic E-state index is 12.8. The zero-order valence-corrected chi connectivity index (χ0v) is 15.1. The molecule has 2 aromatic carbocycles. The second kappa shape index (κ2) is 8.03. The van der Waals surface area contributed by atoms with Crippen molar-refractivity contribution in [2.75, 3.05) is 0 Å². The predicted molar refractivity (Wildman–Crippen MR) is 101 cm³/mol. The molecule has 0 fully saturated rings. The van der Waals surface area contributed by atoms with Gasteiger partial charge in [-0.25, -0.2) is 4.98 Å². The Hall–Kier alpha value is -2.53. The number of nitrogens with zero attached hydrogens (tertiary/aromatic N) is 2. The molecule has 1 heterocycles. The van der Waals surface area contributed by atoms with E-state index in [1.165, 1.54) is 0 Å². The van der Waals surface area contributed by atoms with Crippen LogP contribution in [0.1, 0.15) is 24.4 Å². The van der Waals surface area contributed by atoms with Gasteiger partial charge in [0, 0.05) is 24.3 Å². The first-order valence-electron chi connectivity index (χ1n) is 8.19. The number of hydrogen-bond donors (Lipinski definition) is 1. The van der Waals surface area contributed by atoms with Crippen LogP contribution in [0.25, 0.3) is 0 Å². The summed E-state index contributed by atoms with van der Waals surface area (Å²) in [5, 5.41) is 2.95. The van der Waals surface area contributed by atoms with E-state index in [4.69, 9.17) is 0 Å². The molecule has 0 aliphatic heterocycles. The van der Waals surface area contributed by atoms with Crippen LogP contribution in [0.2, 0.25) is 0 Å². The Kier molecular flexibility index (Phi) is 5.56. The van der Waals surface area contributed by atoms with Crippen molar-refractivity contribution in [2.24, 2.45) is 7.05 Å². The van der Waals surface area contributed by atoms with E-state index in [1.807, 2.05) is 85.4 Å². The van der Waals surface area contributed by atoms with E-state index in [-0.39, 0.29) is 17.2 Å². The summed E-state index contributed by atoms with van der Waals surface area (Å²) in [6.07, 6.45) is 3.64. The quantitative estimate of drug-likeness (QED) is 0.687. The van der Waals surface area contributed by atoms with E-state index in [1.54, 1.807) is 18.0 Å². The van der Waals surface area contributed by atoms with Gasteiger partial charge in [-0.1, -0.05) is 48.5 Å². The van der Waals surface area contributed by atoms with Crippen molar-refractivity contribution in [3.05, 3.63) is 84.4 Å². The Morgan fingerprint density at radius 2 is 1.72 bits per heavy atom. The first-order chi connectivity index (χ1) is 12.1. The number of carbonyl (C=O) groups excluding carboxylic acids is 1. The highest BCUT2D eigenvalue weighted by molar-refractivity contribution is 8.00. The maximum Gasteiger partial charge on any atom is 0.234 e. The van der Waals surface area contributed by atoms with Crippen molar-refractivity contribution in [1.29, 1.82) is 0 Å². The Morgan fingerprint density at radius 3 is 2.32 bits per heavy atom. The van der Waals surface area contributed by atoms with Gasteiger partial charge in [0.15, 0.2) is 0 Å². The molecule has 1 N–H and O–H groups in total. The van der Waals surface area contributed by atoms with Crippen LogP contribution in [0.5, 0.6) is 0 Å².